The second-order valence-electron chi connectivity index (χ2n) is 2.42. The number of halogens is 1. The summed E-state index contributed by atoms with van der Waals surface area (Å²) in [4.78, 5) is 0. The summed E-state index contributed by atoms with van der Waals surface area (Å²) in [5, 5.41) is 5.87. The minimum atomic E-state index is -0.326. The molecule has 0 fully saturated rings. The lowest BCUT2D eigenvalue weighted by Gasteiger charge is -2.14. The van der Waals surface area contributed by atoms with E-state index in [0.717, 1.165) is 5.12 Å². The zero-order valence-electron chi connectivity index (χ0n) is 6.16. The molecule has 1 aliphatic rings. The summed E-state index contributed by atoms with van der Waals surface area (Å²) in [5.41, 5.74) is 2.48. The van der Waals surface area contributed by atoms with Gasteiger partial charge in [-0.3, -0.25) is 0 Å². The summed E-state index contributed by atoms with van der Waals surface area (Å²) in [6, 6.07) is 4.66. The lowest BCUT2D eigenvalue weighted by atomic mass is 10.3. The van der Waals surface area contributed by atoms with Gasteiger partial charge in [0.1, 0.15) is 5.82 Å². The van der Waals surface area contributed by atoms with Gasteiger partial charge in [-0.15, -0.1) is 0 Å². The Labute approximate surface area is 67.7 Å². The molecular formula is C7H7FN4. The van der Waals surface area contributed by atoms with Crippen molar-refractivity contribution < 1.29 is 4.39 Å². The van der Waals surface area contributed by atoms with Crippen molar-refractivity contribution >= 4 is 6.20 Å². The topological polar surface area (TPSA) is 53.6 Å². The molecule has 62 valence electrons. The minimum absolute atomic E-state index is 0.326. The van der Waals surface area contributed by atoms with Crippen molar-refractivity contribution in [1.29, 1.82) is 0 Å². The third-order valence-electron chi connectivity index (χ3n) is 1.58. The summed E-state index contributed by atoms with van der Waals surface area (Å²) >= 11 is 0. The van der Waals surface area contributed by atoms with Crippen LogP contribution < -0.4 is 22.0 Å². The van der Waals surface area contributed by atoms with Gasteiger partial charge < -0.3 is 0 Å². The van der Waals surface area contributed by atoms with Crippen LogP contribution in [0.4, 0.5) is 4.39 Å². The SMILES string of the molecule is NN1C=c2c(F)cccc2=NN1. The van der Waals surface area contributed by atoms with E-state index in [1.807, 2.05) is 0 Å². The van der Waals surface area contributed by atoms with Crippen LogP contribution in [0.3, 0.4) is 0 Å². The van der Waals surface area contributed by atoms with Gasteiger partial charge in [0.25, 0.3) is 0 Å². The van der Waals surface area contributed by atoms with Gasteiger partial charge in [-0.1, -0.05) is 6.07 Å². The van der Waals surface area contributed by atoms with E-state index >= 15 is 0 Å². The molecular weight excluding hydrogens is 159 g/mol. The van der Waals surface area contributed by atoms with E-state index in [0.29, 0.717) is 10.6 Å². The molecule has 1 heterocycles. The van der Waals surface area contributed by atoms with Gasteiger partial charge in [0.2, 0.25) is 0 Å². The van der Waals surface area contributed by atoms with E-state index in [4.69, 9.17) is 5.84 Å². The Hall–Kier alpha value is -1.62. The first kappa shape index (κ1) is 7.05. The Kier molecular flexibility index (Phi) is 1.44. The summed E-state index contributed by atoms with van der Waals surface area (Å²) in [6.45, 7) is 0. The Morgan fingerprint density at radius 1 is 1.50 bits per heavy atom. The highest BCUT2D eigenvalue weighted by Gasteiger charge is 2.01. The zero-order valence-corrected chi connectivity index (χ0v) is 6.16. The van der Waals surface area contributed by atoms with Crippen molar-refractivity contribution in [2.75, 3.05) is 0 Å². The summed E-state index contributed by atoms with van der Waals surface area (Å²) in [7, 11) is 0. The van der Waals surface area contributed by atoms with E-state index in [2.05, 4.69) is 10.6 Å². The monoisotopic (exact) mass is 166 g/mol. The molecule has 0 aromatic heterocycles. The zero-order chi connectivity index (χ0) is 8.55. The lowest BCUT2D eigenvalue weighted by molar-refractivity contribution is 0.304. The first-order valence-corrected chi connectivity index (χ1v) is 3.41. The molecule has 0 saturated heterocycles. The Bertz CT molecular complexity index is 414. The molecule has 0 radical (unpaired) electrons. The third kappa shape index (κ3) is 0.998. The average Bonchev–Trinajstić information content (AvgIpc) is 2.07. The fourth-order valence-corrected chi connectivity index (χ4v) is 1.03. The van der Waals surface area contributed by atoms with Gasteiger partial charge >= 0.3 is 0 Å². The second-order valence-corrected chi connectivity index (χ2v) is 2.42. The van der Waals surface area contributed by atoms with Crippen LogP contribution in [0.5, 0.6) is 0 Å². The fraction of sp³-hybridized carbons (Fsp3) is 0. The molecule has 0 aliphatic carbocycles. The Morgan fingerprint density at radius 2 is 2.33 bits per heavy atom. The van der Waals surface area contributed by atoms with Gasteiger partial charge in [0.05, 0.1) is 16.8 Å². The molecule has 0 unspecified atom stereocenters. The molecule has 12 heavy (non-hydrogen) atoms. The Morgan fingerprint density at radius 3 is 3.17 bits per heavy atom. The number of hydrogen-bond acceptors (Lipinski definition) is 4. The molecule has 0 atom stereocenters. The maximum absolute atomic E-state index is 13.0. The van der Waals surface area contributed by atoms with E-state index in [9.17, 15) is 4.39 Å². The van der Waals surface area contributed by atoms with Crippen molar-refractivity contribution in [2.45, 2.75) is 0 Å². The van der Waals surface area contributed by atoms with Gasteiger partial charge in [-0.2, -0.15) is 5.10 Å². The van der Waals surface area contributed by atoms with Gasteiger partial charge in [-0.05, 0) is 12.1 Å². The number of benzene rings is 1. The molecule has 4 nitrogen and oxygen atoms in total. The van der Waals surface area contributed by atoms with Crippen LogP contribution in [0.15, 0.2) is 23.3 Å². The van der Waals surface area contributed by atoms with Crippen molar-refractivity contribution in [3.63, 3.8) is 0 Å². The van der Waals surface area contributed by atoms with Crippen LogP contribution in [-0.4, -0.2) is 5.12 Å². The number of fused-ring (bicyclic) bond motifs is 1. The number of hydrogen-bond donors (Lipinski definition) is 2. The van der Waals surface area contributed by atoms with E-state index < -0.39 is 0 Å². The van der Waals surface area contributed by atoms with Crippen molar-refractivity contribution in [1.82, 2.24) is 10.7 Å². The first-order chi connectivity index (χ1) is 5.77. The van der Waals surface area contributed by atoms with E-state index in [1.165, 1.54) is 12.3 Å². The van der Waals surface area contributed by atoms with E-state index in [1.54, 1.807) is 12.1 Å². The molecule has 1 aromatic carbocycles. The van der Waals surface area contributed by atoms with Gasteiger partial charge in [-0.25, -0.2) is 20.9 Å². The average molecular weight is 166 g/mol. The standard InChI is InChI=1S/C7H7FN4/c8-6-2-1-3-7-5(6)4-12(9)11-10-7/h1-4,11H,9H2. The molecule has 0 bridgehead atoms. The van der Waals surface area contributed by atoms with Gasteiger partial charge in [0, 0.05) is 0 Å². The van der Waals surface area contributed by atoms with Crippen LogP contribution in [0.25, 0.3) is 6.20 Å². The number of nitrogens with zero attached hydrogens (tertiary/aromatic N) is 2. The summed E-state index contributed by atoms with van der Waals surface area (Å²) < 4.78 is 13.0. The Balaban J connectivity index is 2.80. The molecule has 0 amide bonds. The number of nitrogens with two attached hydrogens (primary N) is 1. The molecule has 2 rings (SSSR count). The number of rotatable bonds is 0. The fourth-order valence-electron chi connectivity index (χ4n) is 1.03. The largest absolute Gasteiger partial charge is 0.227 e. The maximum atomic E-state index is 13.0. The number of nitrogens with one attached hydrogen (secondary N) is 1. The van der Waals surface area contributed by atoms with Crippen LogP contribution in [-0.2, 0) is 0 Å². The van der Waals surface area contributed by atoms with Crippen molar-refractivity contribution in [2.24, 2.45) is 10.9 Å². The van der Waals surface area contributed by atoms with Gasteiger partial charge in [0.15, 0.2) is 0 Å². The van der Waals surface area contributed by atoms with Crippen LogP contribution in [0.1, 0.15) is 0 Å². The smallest absolute Gasteiger partial charge is 0.134 e. The highest BCUT2D eigenvalue weighted by Crippen LogP contribution is 1.86. The molecule has 1 aliphatic heterocycles. The first-order valence-electron chi connectivity index (χ1n) is 3.41. The normalized spacial score (nSPS) is 14.0. The number of hydrazine groups is 2. The second kappa shape index (κ2) is 2.46. The quantitative estimate of drug-likeness (QED) is 0.476. The van der Waals surface area contributed by atoms with Crippen LogP contribution >= 0.6 is 0 Å². The highest BCUT2D eigenvalue weighted by molar-refractivity contribution is 5.22. The van der Waals surface area contributed by atoms with Crippen molar-refractivity contribution in [3.8, 4) is 0 Å². The highest BCUT2D eigenvalue weighted by atomic mass is 19.1. The minimum Gasteiger partial charge on any atom is -0.227 e. The van der Waals surface area contributed by atoms with Crippen molar-refractivity contribution in [3.05, 3.63) is 34.6 Å². The molecule has 3 N–H and O–H groups in total. The lowest BCUT2D eigenvalue weighted by Crippen LogP contribution is -2.46. The molecule has 1 aromatic rings. The molecule has 0 spiro atoms. The van der Waals surface area contributed by atoms with Crippen LogP contribution in [0, 0.1) is 5.82 Å². The predicted molar refractivity (Wildman–Crippen MR) is 40.8 cm³/mol. The van der Waals surface area contributed by atoms with E-state index in [-0.39, 0.29) is 5.82 Å². The predicted octanol–water partition coefficient (Wildman–Crippen LogP) is -1.21. The molecule has 5 heteroatoms. The summed E-state index contributed by atoms with van der Waals surface area (Å²) in [5.74, 6) is 5.00. The third-order valence-corrected chi connectivity index (χ3v) is 1.58. The summed E-state index contributed by atoms with van der Waals surface area (Å²) in [6.07, 6.45) is 1.44. The maximum Gasteiger partial charge on any atom is 0.134 e. The van der Waals surface area contributed by atoms with Crippen LogP contribution in [0.2, 0.25) is 0 Å². The molecule has 0 saturated carbocycles.